The molecule has 0 aromatic heterocycles. The first-order valence-corrected chi connectivity index (χ1v) is 10.4. The van der Waals surface area contributed by atoms with Gasteiger partial charge in [-0.2, -0.15) is 0 Å². The number of fused-ring (bicyclic) bond motifs is 1. The minimum atomic E-state index is -0.683. The molecule has 0 atom stereocenters. The first-order chi connectivity index (χ1) is 14.9. The number of amides is 2. The Kier molecular flexibility index (Phi) is 7.30. The number of hydrogen-bond donors (Lipinski definition) is 2. The molecule has 1 saturated heterocycles. The van der Waals surface area contributed by atoms with Gasteiger partial charge in [-0.1, -0.05) is 48.0 Å². The van der Waals surface area contributed by atoms with Crippen molar-refractivity contribution >= 4 is 29.9 Å². The summed E-state index contributed by atoms with van der Waals surface area (Å²) < 4.78 is 0. The van der Waals surface area contributed by atoms with Crippen LogP contribution in [0.3, 0.4) is 0 Å². The molecule has 0 bridgehead atoms. The van der Waals surface area contributed by atoms with Gasteiger partial charge in [-0.3, -0.25) is 19.3 Å². The second-order valence-corrected chi connectivity index (χ2v) is 8.47. The van der Waals surface area contributed by atoms with Gasteiger partial charge in [0.25, 0.3) is 6.47 Å². The number of hydrogen-bond acceptors (Lipinski definition) is 4. The minimum absolute atomic E-state index is 0.0624. The van der Waals surface area contributed by atoms with Gasteiger partial charge in [-0.25, -0.2) is 0 Å². The molecule has 0 aliphatic carbocycles. The zero-order valence-electron chi connectivity index (χ0n) is 17.2. The number of likely N-dealkylation sites (tertiary alicyclic amines) is 1. The normalized spacial score (nSPS) is 16.9. The predicted molar refractivity (Wildman–Crippen MR) is 117 cm³/mol. The quantitative estimate of drug-likeness (QED) is 0.687. The van der Waals surface area contributed by atoms with Crippen LogP contribution in [0.5, 0.6) is 0 Å². The molecular weight excluding hydrogens is 418 g/mol. The van der Waals surface area contributed by atoms with Crippen molar-refractivity contribution in [3.05, 3.63) is 70.2 Å². The summed E-state index contributed by atoms with van der Waals surface area (Å²) in [5, 5.41) is 7.55. The molecule has 0 radical (unpaired) electrons. The molecule has 1 fully saturated rings. The number of benzene rings is 2. The van der Waals surface area contributed by atoms with E-state index in [1.165, 1.54) is 11.1 Å². The molecule has 0 saturated carbocycles. The number of carbonyl (C=O) groups excluding carboxylic acids is 2. The van der Waals surface area contributed by atoms with Crippen molar-refractivity contribution in [2.24, 2.45) is 11.1 Å². The van der Waals surface area contributed by atoms with E-state index in [4.69, 9.17) is 27.2 Å². The van der Waals surface area contributed by atoms with E-state index in [2.05, 4.69) is 23.1 Å². The van der Waals surface area contributed by atoms with Crippen LogP contribution >= 0.6 is 11.6 Å². The van der Waals surface area contributed by atoms with Crippen LogP contribution < -0.4 is 5.73 Å². The average Bonchev–Trinajstić information content (AvgIpc) is 2.72. The first-order valence-electron chi connectivity index (χ1n) is 10.1. The topological polar surface area (TPSA) is 104 Å². The molecule has 2 amide bonds. The lowest BCUT2D eigenvalue weighted by Gasteiger charge is -2.48. The predicted octanol–water partition coefficient (Wildman–Crippen LogP) is 1.96. The van der Waals surface area contributed by atoms with Crippen molar-refractivity contribution in [2.45, 2.75) is 19.4 Å². The van der Waals surface area contributed by atoms with Crippen molar-refractivity contribution in [1.29, 1.82) is 0 Å². The lowest BCUT2D eigenvalue weighted by molar-refractivity contribution is -0.152. The van der Waals surface area contributed by atoms with E-state index in [-0.39, 0.29) is 18.3 Å². The Bertz CT molecular complexity index is 942. The van der Waals surface area contributed by atoms with Crippen LogP contribution in [0.15, 0.2) is 48.5 Å². The van der Waals surface area contributed by atoms with Gasteiger partial charge in [-0.15, -0.1) is 0 Å². The number of nitrogens with zero attached hydrogens (tertiary/aromatic N) is 2. The largest absolute Gasteiger partial charge is 0.483 e. The van der Waals surface area contributed by atoms with Crippen LogP contribution in [0.2, 0.25) is 5.02 Å². The highest BCUT2D eigenvalue weighted by molar-refractivity contribution is 6.30. The maximum absolute atomic E-state index is 12.7. The lowest BCUT2D eigenvalue weighted by Crippen LogP contribution is -2.66. The highest BCUT2D eigenvalue weighted by atomic mass is 35.5. The summed E-state index contributed by atoms with van der Waals surface area (Å²) in [6.45, 7) is 2.57. The number of carboxylic acid groups (broad SMARTS) is 1. The Balaban J connectivity index is 0.000000858. The van der Waals surface area contributed by atoms with Crippen LogP contribution in [0, 0.1) is 5.41 Å². The first kappa shape index (κ1) is 22.8. The van der Waals surface area contributed by atoms with Crippen molar-refractivity contribution in [3.8, 4) is 0 Å². The fraction of sp³-hybridized carbons (Fsp3) is 0.348. The summed E-state index contributed by atoms with van der Waals surface area (Å²) in [5.74, 6) is -0.286. The van der Waals surface area contributed by atoms with Crippen LogP contribution in [0.25, 0.3) is 0 Å². The summed E-state index contributed by atoms with van der Waals surface area (Å²) in [6.07, 6.45) is 1.49. The van der Waals surface area contributed by atoms with Gasteiger partial charge in [0.15, 0.2) is 0 Å². The molecule has 7 nitrogen and oxygen atoms in total. The number of nitrogens with two attached hydrogens (primary N) is 1. The van der Waals surface area contributed by atoms with Gasteiger partial charge in [-0.05, 0) is 41.7 Å². The molecule has 8 heteroatoms. The van der Waals surface area contributed by atoms with E-state index in [1.54, 1.807) is 17.0 Å². The summed E-state index contributed by atoms with van der Waals surface area (Å²) in [7, 11) is 0. The molecule has 2 heterocycles. The van der Waals surface area contributed by atoms with E-state index in [9.17, 15) is 9.59 Å². The third-order valence-corrected chi connectivity index (χ3v) is 6.14. The maximum atomic E-state index is 12.7. The van der Waals surface area contributed by atoms with Crippen LogP contribution in [-0.2, 0) is 33.8 Å². The lowest BCUT2D eigenvalue weighted by atomic mass is 9.74. The van der Waals surface area contributed by atoms with Gasteiger partial charge < -0.3 is 15.7 Å². The van der Waals surface area contributed by atoms with Crippen LogP contribution in [-0.4, -0.2) is 59.4 Å². The molecule has 0 spiro atoms. The number of rotatable bonds is 5. The highest BCUT2D eigenvalue weighted by Crippen LogP contribution is 2.34. The molecule has 2 aromatic carbocycles. The van der Waals surface area contributed by atoms with Crippen molar-refractivity contribution in [1.82, 2.24) is 9.80 Å². The van der Waals surface area contributed by atoms with Gasteiger partial charge in [0.1, 0.15) is 0 Å². The van der Waals surface area contributed by atoms with Gasteiger partial charge in [0.05, 0.1) is 12.0 Å². The van der Waals surface area contributed by atoms with Crippen LogP contribution in [0.1, 0.15) is 16.7 Å². The summed E-state index contributed by atoms with van der Waals surface area (Å²) in [5.41, 5.74) is 8.67. The summed E-state index contributed by atoms with van der Waals surface area (Å²) in [6, 6.07) is 15.8. The molecule has 2 aromatic rings. The molecule has 31 heavy (non-hydrogen) atoms. The Labute approximate surface area is 186 Å². The number of primary amides is 1. The highest BCUT2D eigenvalue weighted by Gasteiger charge is 2.49. The number of halogens is 1. The number of carbonyl (C=O) groups is 3. The van der Waals surface area contributed by atoms with Crippen molar-refractivity contribution in [2.75, 3.05) is 26.2 Å². The second-order valence-electron chi connectivity index (χ2n) is 8.03. The molecule has 0 unspecified atom stereocenters. The van der Waals surface area contributed by atoms with Crippen molar-refractivity contribution in [3.63, 3.8) is 0 Å². The third kappa shape index (κ3) is 5.42. The fourth-order valence-electron chi connectivity index (χ4n) is 4.19. The third-order valence-electron chi connectivity index (χ3n) is 5.89. The second kappa shape index (κ2) is 9.94. The standard InChI is InChI=1S/C22H24ClN3O2.CH2O2/c23-19-7-5-16(6-8-19)11-22(21(24)28)14-26(15-22)20(27)13-25-10-9-17-3-1-2-4-18(17)12-25;2-1-3/h1-8H,9-15H2,(H2,24,28);1H,(H,2,3). The average molecular weight is 444 g/mol. The van der Waals surface area contributed by atoms with Crippen LogP contribution in [0.4, 0.5) is 0 Å². The van der Waals surface area contributed by atoms with Gasteiger partial charge in [0.2, 0.25) is 11.8 Å². The van der Waals surface area contributed by atoms with E-state index < -0.39 is 5.41 Å². The summed E-state index contributed by atoms with van der Waals surface area (Å²) in [4.78, 5) is 37.1. The maximum Gasteiger partial charge on any atom is 0.290 e. The molecular formula is C23H26ClN3O4. The Hall–Kier alpha value is -2.90. The smallest absolute Gasteiger partial charge is 0.290 e. The fourth-order valence-corrected chi connectivity index (χ4v) is 4.31. The monoisotopic (exact) mass is 443 g/mol. The molecule has 2 aliphatic rings. The minimum Gasteiger partial charge on any atom is -0.483 e. The van der Waals surface area contributed by atoms with Gasteiger partial charge >= 0.3 is 0 Å². The van der Waals surface area contributed by atoms with E-state index in [0.29, 0.717) is 31.1 Å². The molecule has 3 N–H and O–H groups in total. The van der Waals surface area contributed by atoms with E-state index >= 15 is 0 Å². The zero-order chi connectivity index (χ0) is 22.4. The zero-order valence-corrected chi connectivity index (χ0v) is 17.9. The Morgan fingerprint density at radius 2 is 1.71 bits per heavy atom. The van der Waals surface area contributed by atoms with Gasteiger partial charge in [0, 0.05) is 31.2 Å². The molecule has 164 valence electrons. The van der Waals surface area contributed by atoms with Crippen molar-refractivity contribution < 1.29 is 19.5 Å². The van der Waals surface area contributed by atoms with E-state index in [1.807, 2.05) is 18.2 Å². The SMILES string of the molecule is NC(=O)C1(Cc2ccc(Cl)cc2)CN(C(=O)CN2CCc3ccccc3C2)C1.O=CO. The van der Waals surface area contributed by atoms with E-state index in [0.717, 1.165) is 25.1 Å². The molecule has 2 aliphatic heterocycles. The molecule has 4 rings (SSSR count). The summed E-state index contributed by atoms with van der Waals surface area (Å²) >= 11 is 5.93. The Morgan fingerprint density at radius 3 is 2.32 bits per heavy atom. The Morgan fingerprint density at radius 1 is 1.10 bits per heavy atom.